The van der Waals surface area contributed by atoms with Crippen LogP contribution in [0, 0.1) is 18.8 Å². The fourth-order valence-corrected chi connectivity index (χ4v) is 3.21. The lowest BCUT2D eigenvalue weighted by atomic mass is 10.0. The molecule has 1 aromatic rings. The Hall–Kier alpha value is -2.37. The third-order valence-electron chi connectivity index (χ3n) is 4.75. The van der Waals surface area contributed by atoms with Crippen LogP contribution in [0.1, 0.15) is 49.0 Å². The molecule has 2 rings (SSSR count). The van der Waals surface area contributed by atoms with E-state index in [1.165, 1.54) is 0 Å². The van der Waals surface area contributed by atoms with Crippen LogP contribution in [0.5, 0.6) is 0 Å². The first-order chi connectivity index (χ1) is 11.8. The van der Waals surface area contributed by atoms with Gasteiger partial charge in [-0.1, -0.05) is 32.0 Å². The molecule has 1 fully saturated rings. The summed E-state index contributed by atoms with van der Waals surface area (Å²) in [7, 11) is 0. The summed E-state index contributed by atoms with van der Waals surface area (Å²) in [6.07, 6.45) is 1.67. The summed E-state index contributed by atoms with van der Waals surface area (Å²) in [6.45, 7) is 5.60. The lowest BCUT2D eigenvalue weighted by Crippen LogP contribution is -2.51. The Morgan fingerprint density at radius 3 is 2.40 bits per heavy atom. The van der Waals surface area contributed by atoms with Gasteiger partial charge in [-0.25, -0.2) is 0 Å². The molecule has 1 aliphatic carbocycles. The number of aliphatic carboxylic acids is 1. The Morgan fingerprint density at radius 2 is 1.84 bits per heavy atom. The van der Waals surface area contributed by atoms with E-state index >= 15 is 0 Å². The van der Waals surface area contributed by atoms with Gasteiger partial charge in [0, 0.05) is 11.6 Å². The minimum atomic E-state index is -0.815. The number of carbonyl (C=O) groups is 3. The van der Waals surface area contributed by atoms with Crippen LogP contribution in [0.4, 0.5) is 0 Å². The highest BCUT2D eigenvalue weighted by atomic mass is 16.4. The number of carboxylic acid groups (broad SMARTS) is 1. The summed E-state index contributed by atoms with van der Waals surface area (Å²) < 4.78 is 0. The third-order valence-corrected chi connectivity index (χ3v) is 4.75. The van der Waals surface area contributed by atoms with E-state index in [9.17, 15) is 14.4 Å². The number of nitrogens with one attached hydrogen (secondary N) is 2. The van der Waals surface area contributed by atoms with Crippen molar-refractivity contribution in [2.24, 2.45) is 11.8 Å². The third kappa shape index (κ3) is 4.81. The van der Waals surface area contributed by atoms with Gasteiger partial charge in [-0.15, -0.1) is 0 Å². The zero-order valence-electron chi connectivity index (χ0n) is 14.9. The van der Waals surface area contributed by atoms with Crippen LogP contribution < -0.4 is 10.6 Å². The summed E-state index contributed by atoms with van der Waals surface area (Å²) in [6, 6.07) is 6.42. The maximum absolute atomic E-state index is 12.6. The van der Waals surface area contributed by atoms with E-state index in [1.807, 2.05) is 32.9 Å². The predicted molar refractivity (Wildman–Crippen MR) is 94.2 cm³/mol. The molecule has 3 N–H and O–H groups in total. The molecule has 1 saturated carbocycles. The maximum Gasteiger partial charge on any atom is 0.306 e. The van der Waals surface area contributed by atoms with Gasteiger partial charge in [-0.3, -0.25) is 14.4 Å². The van der Waals surface area contributed by atoms with E-state index in [4.69, 9.17) is 5.11 Å². The molecule has 0 heterocycles. The van der Waals surface area contributed by atoms with E-state index in [0.717, 1.165) is 5.56 Å². The fraction of sp³-hybridized carbons (Fsp3) is 0.526. The van der Waals surface area contributed by atoms with Crippen LogP contribution >= 0.6 is 0 Å². The van der Waals surface area contributed by atoms with Gasteiger partial charge in [0.05, 0.1) is 5.92 Å². The fourth-order valence-electron chi connectivity index (χ4n) is 3.21. The molecule has 0 aromatic heterocycles. The van der Waals surface area contributed by atoms with Crippen molar-refractivity contribution in [2.75, 3.05) is 0 Å². The number of carbonyl (C=O) groups excluding carboxylic acids is 2. The average Bonchev–Trinajstić information content (AvgIpc) is 3.01. The van der Waals surface area contributed by atoms with Crippen molar-refractivity contribution in [1.82, 2.24) is 10.6 Å². The second kappa shape index (κ2) is 8.14. The first-order valence-corrected chi connectivity index (χ1v) is 8.69. The van der Waals surface area contributed by atoms with Crippen LogP contribution in [-0.4, -0.2) is 35.0 Å². The van der Waals surface area contributed by atoms with Crippen LogP contribution in [-0.2, 0) is 9.59 Å². The SMILES string of the molecule is Cc1ccccc1C(=O)NC(C(=O)N[C@@H]1CC[C@H](C(=O)O)C1)C(C)C. The van der Waals surface area contributed by atoms with E-state index in [2.05, 4.69) is 10.6 Å². The molecule has 1 unspecified atom stereocenters. The molecule has 1 aromatic carbocycles. The summed E-state index contributed by atoms with van der Waals surface area (Å²) in [5.74, 6) is -1.83. The Kier molecular flexibility index (Phi) is 6.17. The van der Waals surface area contributed by atoms with Gasteiger partial charge in [-0.2, -0.15) is 0 Å². The molecular formula is C19H26N2O4. The molecule has 3 atom stereocenters. The summed E-state index contributed by atoms with van der Waals surface area (Å²) >= 11 is 0. The number of amides is 2. The van der Waals surface area contributed by atoms with Crippen LogP contribution in [0.15, 0.2) is 24.3 Å². The molecule has 25 heavy (non-hydrogen) atoms. The van der Waals surface area contributed by atoms with Gasteiger partial charge in [0.25, 0.3) is 5.91 Å². The first kappa shape index (κ1) is 19.0. The lowest BCUT2D eigenvalue weighted by Gasteiger charge is -2.24. The van der Waals surface area contributed by atoms with E-state index in [-0.39, 0.29) is 23.8 Å². The monoisotopic (exact) mass is 346 g/mol. The van der Waals surface area contributed by atoms with Crippen LogP contribution in [0.25, 0.3) is 0 Å². The van der Waals surface area contributed by atoms with Crippen molar-refractivity contribution in [3.63, 3.8) is 0 Å². The standard InChI is InChI=1S/C19H26N2O4/c1-11(2)16(21-17(22)15-7-5-4-6-12(15)3)18(23)20-14-9-8-13(10-14)19(24)25/h4-7,11,13-14,16H,8-10H2,1-3H3,(H,20,23)(H,21,22)(H,24,25)/t13-,14+,16?/m0/s1. The minimum absolute atomic E-state index is 0.0790. The Bertz CT molecular complexity index is 657. The van der Waals surface area contributed by atoms with Gasteiger partial charge >= 0.3 is 5.97 Å². The van der Waals surface area contributed by atoms with Gasteiger partial charge in [0.1, 0.15) is 6.04 Å². The average molecular weight is 346 g/mol. The van der Waals surface area contributed by atoms with Crippen molar-refractivity contribution in [3.8, 4) is 0 Å². The Morgan fingerprint density at radius 1 is 1.16 bits per heavy atom. The summed E-state index contributed by atoms with van der Waals surface area (Å²) in [4.78, 5) is 36.1. The lowest BCUT2D eigenvalue weighted by molar-refractivity contribution is -0.141. The molecule has 6 nitrogen and oxygen atoms in total. The number of hydrogen-bond acceptors (Lipinski definition) is 3. The number of aryl methyl sites for hydroxylation is 1. The molecular weight excluding hydrogens is 320 g/mol. The summed E-state index contributed by atoms with van der Waals surface area (Å²) in [5.41, 5.74) is 1.40. The largest absolute Gasteiger partial charge is 0.481 e. The molecule has 0 spiro atoms. The van der Waals surface area contributed by atoms with Crippen molar-refractivity contribution in [3.05, 3.63) is 35.4 Å². The molecule has 0 aliphatic heterocycles. The van der Waals surface area contributed by atoms with E-state index < -0.39 is 17.9 Å². The second-order valence-corrected chi connectivity index (χ2v) is 7.06. The smallest absolute Gasteiger partial charge is 0.306 e. The number of benzene rings is 1. The van der Waals surface area contributed by atoms with Crippen molar-refractivity contribution in [1.29, 1.82) is 0 Å². The molecule has 2 amide bonds. The summed E-state index contributed by atoms with van der Waals surface area (Å²) in [5, 5.41) is 14.8. The van der Waals surface area contributed by atoms with E-state index in [1.54, 1.807) is 12.1 Å². The zero-order chi connectivity index (χ0) is 18.6. The molecule has 136 valence electrons. The Labute approximate surface area is 148 Å². The normalized spacial score (nSPS) is 21.0. The number of carboxylic acids is 1. The van der Waals surface area contributed by atoms with Crippen molar-refractivity contribution in [2.45, 2.75) is 52.1 Å². The quantitative estimate of drug-likeness (QED) is 0.735. The van der Waals surface area contributed by atoms with Gasteiger partial charge < -0.3 is 15.7 Å². The van der Waals surface area contributed by atoms with E-state index in [0.29, 0.717) is 24.8 Å². The molecule has 1 aliphatic rings. The van der Waals surface area contributed by atoms with Crippen LogP contribution in [0.3, 0.4) is 0 Å². The molecule has 6 heteroatoms. The predicted octanol–water partition coefficient (Wildman–Crippen LogP) is 2.12. The molecule has 0 radical (unpaired) electrons. The molecule has 0 saturated heterocycles. The number of rotatable bonds is 6. The van der Waals surface area contributed by atoms with Gasteiger partial charge in [0.15, 0.2) is 0 Å². The van der Waals surface area contributed by atoms with Gasteiger partial charge in [-0.05, 0) is 43.7 Å². The number of hydrogen-bond donors (Lipinski definition) is 3. The van der Waals surface area contributed by atoms with Crippen molar-refractivity contribution >= 4 is 17.8 Å². The highest BCUT2D eigenvalue weighted by molar-refractivity contribution is 5.98. The highest BCUT2D eigenvalue weighted by Crippen LogP contribution is 2.25. The Balaban J connectivity index is 2.00. The van der Waals surface area contributed by atoms with Gasteiger partial charge in [0.2, 0.25) is 5.91 Å². The first-order valence-electron chi connectivity index (χ1n) is 8.69. The minimum Gasteiger partial charge on any atom is -0.481 e. The van der Waals surface area contributed by atoms with Crippen LogP contribution in [0.2, 0.25) is 0 Å². The second-order valence-electron chi connectivity index (χ2n) is 7.06. The molecule has 0 bridgehead atoms. The topological polar surface area (TPSA) is 95.5 Å². The van der Waals surface area contributed by atoms with Crippen molar-refractivity contribution < 1.29 is 19.5 Å². The highest BCUT2D eigenvalue weighted by Gasteiger charge is 2.33. The maximum atomic E-state index is 12.6. The zero-order valence-corrected chi connectivity index (χ0v) is 14.9.